The zero-order valence-corrected chi connectivity index (χ0v) is 6.29. The summed E-state index contributed by atoms with van der Waals surface area (Å²) in [6.07, 6.45) is 3.23. The SMILES string of the molecule is C=C[C@H]1C[C@H](O)C[C@@H](C)O1. The van der Waals surface area contributed by atoms with Crippen molar-refractivity contribution in [1.29, 1.82) is 0 Å². The number of rotatable bonds is 1. The second kappa shape index (κ2) is 3.17. The van der Waals surface area contributed by atoms with Gasteiger partial charge in [-0.1, -0.05) is 6.08 Å². The maximum absolute atomic E-state index is 9.25. The van der Waals surface area contributed by atoms with Gasteiger partial charge in [-0.2, -0.15) is 0 Å². The van der Waals surface area contributed by atoms with Crippen LogP contribution in [0.3, 0.4) is 0 Å². The molecular weight excluding hydrogens is 128 g/mol. The van der Waals surface area contributed by atoms with E-state index in [1.807, 2.05) is 6.92 Å². The normalized spacial score (nSPS) is 41.2. The first kappa shape index (κ1) is 7.76. The summed E-state index contributed by atoms with van der Waals surface area (Å²) in [4.78, 5) is 0. The highest BCUT2D eigenvalue weighted by atomic mass is 16.5. The van der Waals surface area contributed by atoms with E-state index in [0.29, 0.717) is 6.42 Å². The zero-order chi connectivity index (χ0) is 7.56. The molecule has 2 nitrogen and oxygen atoms in total. The molecule has 0 spiro atoms. The highest BCUT2D eigenvalue weighted by molar-refractivity contribution is 4.86. The summed E-state index contributed by atoms with van der Waals surface area (Å²) >= 11 is 0. The van der Waals surface area contributed by atoms with Crippen molar-refractivity contribution in [2.75, 3.05) is 0 Å². The van der Waals surface area contributed by atoms with E-state index in [-0.39, 0.29) is 18.3 Å². The maximum atomic E-state index is 9.25. The summed E-state index contributed by atoms with van der Waals surface area (Å²) in [7, 11) is 0. The van der Waals surface area contributed by atoms with Crippen molar-refractivity contribution in [3.8, 4) is 0 Å². The first-order valence-corrected chi connectivity index (χ1v) is 3.68. The molecule has 10 heavy (non-hydrogen) atoms. The van der Waals surface area contributed by atoms with Gasteiger partial charge < -0.3 is 9.84 Å². The molecule has 1 saturated heterocycles. The quantitative estimate of drug-likeness (QED) is 0.555. The van der Waals surface area contributed by atoms with Crippen LogP contribution < -0.4 is 0 Å². The predicted molar refractivity (Wildman–Crippen MR) is 39.8 cm³/mol. The number of hydrogen-bond acceptors (Lipinski definition) is 2. The van der Waals surface area contributed by atoms with E-state index < -0.39 is 0 Å². The minimum absolute atomic E-state index is 0.0544. The molecule has 3 atom stereocenters. The van der Waals surface area contributed by atoms with Crippen LogP contribution in [-0.2, 0) is 4.74 Å². The topological polar surface area (TPSA) is 29.5 Å². The van der Waals surface area contributed by atoms with Crippen LogP contribution in [0.4, 0.5) is 0 Å². The van der Waals surface area contributed by atoms with E-state index in [1.165, 1.54) is 0 Å². The van der Waals surface area contributed by atoms with Gasteiger partial charge in [0, 0.05) is 6.42 Å². The molecule has 1 aliphatic rings. The van der Waals surface area contributed by atoms with Gasteiger partial charge in [-0.25, -0.2) is 0 Å². The number of ether oxygens (including phenoxy) is 1. The lowest BCUT2D eigenvalue weighted by Gasteiger charge is -2.29. The minimum atomic E-state index is -0.202. The second-order valence-electron chi connectivity index (χ2n) is 2.85. The largest absolute Gasteiger partial charge is 0.393 e. The van der Waals surface area contributed by atoms with Crippen molar-refractivity contribution in [2.45, 2.75) is 38.1 Å². The third kappa shape index (κ3) is 1.82. The van der Waals surface area contributed by atoms with E-state index in [2.05, 4.69) is 6.58 Å². The molecule has 0 aliphatic carbocycles. The molecule has 1 fully saturated rings. The first-order chi connectivity index (χ1) is 4.72. The van der Waals surface area contributed by atoms with Gasteiger partial charge in [-0.3, -0.25) is 0 Å². The molecule has 0 aromatic rings. The fourth-order valence-corrected chi connectivity index (χ4v) is 1.31. The molecule has 0 aromatic carbocycles. The Hall–Kier alpha value is -0.340. The number of aliphatic hydroxyl groups is 1. The van der Waals surface area contributed by atoms with Gasteiger partial charge in [0.05, 0.1) is 18.3 Å². The molecule has 1 N–H and O–H groups in total. The monoisotopic (exact) mass is 142 g/mol. The molecule has 1 aliphatic heterocycles. The molecule has 58 valence electrons. The van der Waals surface area contributed by atoms with Crippen LogP contribution in [0.2, 0.25) is 0 Å². The van der Waals surface area contributed by atoms with Crippen molar-refractivity contribution in [2.24, 2.45) is 0 Å². The van der Waals surface area contributed by atoms with Crippen molar-refractivity contribution in [1.82, 2.24) is 0 Å². The number of hydrogen-bond donors (Lipinski definition) is 1. The van der Waals surface area contributed by atoms with Crippen LogP contribution >= 0.6 is 0 Å². The van der Waals surface area contributed by atoms with Gasteiger partial charge in [0.2, 0.25) is 0 Å². The standard InChI is InChI=1S/C8H14O2/c1-3-8-5-7(9)4-6(2)10-8/h3,6-9H,1,4-5H2,2H3/t6-,7-,8+/m1/s1. The van der Waals surface area contributed by atoms with Crippen LogP contribution in [0.25, 0.3) is 0 Å². The highest BCUT2D eigenvalue weighted by Gasteiger charge is 2.22. The lowest BCUT2D eigenvalue weighted by molar-refractivity contribution is -0.0671. The summed E-state index contributed by atoms with van der Waals surface area (Å²) < 4.78 is 5.43. The highest BCUT2D eigenvalue weighted by Crippen LogP contribution is 2.19. The van der Waals surface area contributed by atoms with Gasteiger partial charge >= 0.3 is 0 Å². The number of aliphatic hydroxyl groups excluding tert-OH is 1. The zero-order valence-electron chi connectivity index (χ0n) is 6.29. The van der Waals surface area contributed by atoms with E-state index in [4.69, 9.17) is 4.74 Å². The van der Waals surface area contributed by atoms with Crippen LogP contribution in [-0.4, -0.2) is 23.4 Å². The molecule has 2 heteroatoms. The third-order valence-electron chi connectivity index (χ3n) is 1.78. The van der Waals surface area contributed by atoms with Crippen molar-refractivity contribution in [3.05, 3.63) is 12.7 Å². The smallest absolute Gasteiger partial charge is 0.0781 e. The summed E-state index contributed by atoms with van der Waals surface area (Å²) in [6, 6.07) is 0. The van der Waals surface area contributed by atoms with Gasteiger partial charge in [0.25, 0.3) is 0 Å². The Bertz CT molecular complexity index is 112. The Kier molecular flexibility index (Phi) is 2.46. The lowest BCUT2D eigenvalue weighted by Crippen LogP contribution is -2.32. The molecule has 0 amide bonds. The van der Waals surface area contributed by atoms with Gasteiger partial charge in [-0.15, -0.1) is 6.58 Å². The average molecular weight is 142 g/mol. The minimum Gasteiger partial charge on any atom is -0.393 e. The van der Waals surface area contributed by atoms with Crippen LogP contribution in [0, 0.1) is 0 Å². The van der Waals surface area contributed by atoms with Crippen molar-refractivity contribution in [3.63, 3.8) is 0 Å². The Morgan fingerprint density at radius 3 is 2.80 bits per heavy atom. The van der Waals surface area contributed by atoms with E-state index in [1.54, 1.807) is 6.08 Å². The molecule has 1 heterocycles. The Balaban J connectivity index is 2.42. The second-order valence-corrected chi connectivity index (χ2v) is 2.85. The molecule has 0 aromatic heterocycles. The van der Waals surface area contributed by atoms with Crippen LogP contribution in [0.1, 0.15) is 19.8 Å². The van der Waals surface area contributed by atoms with Gasteiger partial charge in [-0.05, 0) is 13.3 Å². The molecule has 0 radical (unpaired) electrons. The Labute approximate surface area is 61.5 Å². The summed E-state index contributed by atoms with van der Waals surface area (Å²) in [5.74, 6) is 0. The van der Waals surface area contributed by atoms with Crippen molar-refractivity contribution < 1.29 is 9.84 Å². The fraction of sp³-hybridized carbons (Fsp3) is 0.750. The lowest BCUT2D eigenvalue weighted by atomic mass is 10.0. The Morgan fingerprint density at radius 1 is 1.60 bits per heavy atom. The molecular formula is C8H14O2. The molecule has 0 unspecified atom stereocenters. The predicted octanol–water partition coefficient (Wildman–Crippen LogP) is 1.10. The fourth-order valence-electron chi connectivity index (χ4n) is 1.31. The van der Waals surface area contributed by atoms with Crippen LogP contribution in [0.5, 0.6) is 0 Å². The molecule has 1 rings (SSSR count). The molecule has 0 bridgehead atoms. The maximum Gasteiger partial charge on any atom is 0.0781 e. The van der Waals surface area contributed by atoms with Gasteiger partial charge in [0.15, 0.2) is 0 Å². The molecule has 0 saturated carbocycles. The van der Waals surface area contributed by atoms with E-state index in [9.17, 15) is 5.11 Å². The van der Waals surface area contributed by atoms with Crippen LogP contribution in [0.15, 0.2) is 12.7 Å². The first-order valence-electron chi connectivity index (χ1n) is 3.68. The summed E-state index contributed by atoms with van der Waals surface area (Å²) in [5, 5.41) is 9.25. The van der Waals surface area contributed by atoms with E-state index in [0.717, 1.165) is 6.42 Å². The van der Waals surface area contributed by atoms with Gasteiger partial charge in [0.1, 0.15) is 0 Å². The summed E-state index contributed by atoms with van der Waals surface area (Å²) in [6.45, 7) is 5.59. The Morgan fingerprint density at radius 2 is 2.30 bits per heavy atom. The third-order valence-corrected chi connectivity index (χ3v) is 1.78. The average Bonchev–Trinajstić information content (AvgIpc) is 1.85. The van der Waals surface area contributed by atoms with E-state index >= 15 is 0 Å². The van der Waals surface area contributed by atoms with Crippen molar-refractivity contribution >= 4 is 0 Å². The summed E-state index contributed by atoms with van der Waals surface area (Å²) in [5.41, 5.74) is 0.